The third kappa shape index (κ3) is 3.00. The molecule has 1 aliphatic rings. The molecule has 6 heteroatoms. The van der Waals surface area contributed by atoms with Gasteiger partial charge in [-0.05, 0) is 37.1 Å². The van der Waals surface area contributed by atoms with E-state index in [1.165, 1.54) is 12.1 Å². The number of nitrogens with zero attached hydrogens (tertiary/aromatic N) is 3. The maximum atomic E-state index is 13.0. The Morgan fingerprint density at radius 3 is 2.77 bits per heavy atom. The van der Waals surface area contributed by atoms with E-state index in [0.29, 0.717) is 17.3 Å². The molecule has 3 rings (SSSR count). The minimum atomic E-state index is -0.310. The first-order chi connectivity index (χ1) is 10.6. The van der Waals surface area contributed by atoms with Crippen LogP contribution in [-0.4, -0.2) is 27.5 Å². The fourth-order valence-corrected chi connectivity index (χ4v) is 2.83. The Morgan fingerprint density at radius 1 is 1.27 bits per heavy atom. The van der Waals surface area contributed by atoms with E-state index < -0.39 is 0 Å². The number of halogens is 1. The average Bonchev–Trinajstić information content (AvgIpc) is 2.85. The minimum Gasteiger partial charge on any atom is -0.334 e. The highest BCUT2D eigenvalue weighted by molar-refractivity contribution is 5.73. The number of benzene rings is 1. The molecule has 1 amide bonds. The lowest BCUT2D eigenvalue weighted by Crippen LogP contribution is -2.33. The third-order valence-electron chi connectivity index (χ3n) is 3.99. The van der Waals surface area contributed by atoms with Gasteiger partial charge in [-0.2, -0.15) is 4.98 Å². The number of rotatable bonds is 2. The third-order valence-corrected chi connectivity index (χ3v) is 3.99. The van der Waals surface area contributed by atoms with Crippen LogP contribution in [0, 0.1) is 5.82 Å². The van der Waals surface area contributed by atoms with E-state index in [4.69, 9.17) is 4.52 Å². The summed E-state index contributed by atoms with van der Waals surface area (Å²) in [6, 6.07) is 5.77. The van der Waals surface area contributed by atoms with E-state index in [-0.39, 0.29) is 17.8 Å². The smallest absolute Gasteiger partial charge is 0.258 e. The summed E-state index contributed by atoms with van der Waals surface area (Å²) in [7, 11) is 0. The van der Waals surface area contributed by atoms with Crippen molar-refractivity contribution >= 4 is 5.91 Å². The quantitative estimate of drug-likeness (QED) is 0.853. The molecule has 1 aliphatic heterocycles. The van der Waals surface area contributed by atoms with Crippen LogP contribution in [0.4, 0.5) is 4.39 Å². The number of likely N-dealkylation sites (tertiary alicyclic amines) is 1. The number of carbonyl (C=O) groups is 1. The fourth-order valence-electron chi connectivity index (χ4n) is 2.83. The highest BCUT2D eigenvalue weighted by atomic mass is 19.1. The fraction of sp³-hybridized carbons (Fsp3) is 0.438. The molecule has 0 aliphatic carbocycles. The second kappa shape index (κ2) is 6.25. The van der Waals surface area contributed by atoms with Crippen molar-refractivity contribution in [3.05, 3.63) is 35.9 Å². The van der Waals surface area contributed by atoms with Crippen molar-refractivity contribution in [3.63, 3.8) is 0 Å². The second-order valence-electron chi connectivity index (χ2n) is 5.54. The lowest BCUT2D eigenvalue weighted by Gasteiger charge is -2.26. The first kappa shape index (κ1) is 14.7. The topological polar surface area (TPSA) is 59.2 Å². The van der Waals surface area contributed by atoms with Gasteiger partial charge in [0.2, 0.25) is 5.91 Å². The summed E-state index contributed by atoms with van der Waals surface area (Å²) < 4.78 is 18.3. The summed E-state index contributed by atoms with van der Waals surface area (Å²) >= 11 is 0. The van der Waals surface area contributed by atoms with Gasteiger partial charge >= 0.3 is 0 Å². The zero-order valence-electron chi connectivity index (χ0n) is 12.5. The summed E-state index contributed by atoms with van der Waals surface area (Å²) in [6.45, 7) is 2.29. The van der Waals surface area contributed by atoms with E-state index in [2.05, 4.69) is 10.1 Å². The lowest BCUT2D eigenvalue weighted by molar-refractivity contribution is -0.131. The van der Waals surface area contributed by atoms with Crippen molar-refractivity contribution in [1.82, 2.24) is 15.0 Å². The van der Waals surface area contributed by atoms with Gasteiger partial charge in [0, 0.05) is 19.0 Å². The highest BCUT2D eigenvalue weighted by Crippen LogP contribution is 2.30. The number of amides is 1. The number of aromatic nitrogens is 2. The van der Waals surface area contributed by atoms with Crippen molar-refractivity contribution in [2.75, 3.05) is 6.54 Å². The van der Waals surface area contributed by atoms with Crippen LogP contribution >= 0.6 is 0 Å². The van der Waals surface area contributed by atoms with Crippen LogP contribution in [0.3, 0.4) is 0 Å². The molecular formula is C16H18FN3O2. The molecule has 5 nitrogen and oxygen atoms in total. The summed E-state index contributed by atoms with van der Waals surface area (Å²) in [5.74, 6) is 0.592. The van der Waals surface area contributed by atoms with Crippen LogP contribution in [0.5, 0.6) is 0 Å². The Balaban J connectivity index is 1.87. The Morgan fingerprint density at radius 2 is 2.05 bits per heavy atom. The minimum absolute atomic E-state index is 0.0278. The summed E-state index contributed by atoms with van der Waals surface area (Å²) in [4.78, 5) is 18.1. The van der Waals surface area contributed by atoms with Crippen LogP contribution in [0.25, 0.3) is 11.5 Å². The molecule has 2 heterocycles. The van der Waals surface area contributed by atoms with Gasteiger partial charge in [-0.3, -0.25) is 4.79 Å². The SMILES string of the molecule is CC(=O)N1CCCCC[C@H]1c1noc(-c2ccc(F)cc2)n1. The Labute approximate surface area is 128 Å². The molecule has 2 aromatic rings. The molecule has 0 bridgehead atoms. The molecule has 1 aromatic carbocycles. The number of hydrogen-bond acceptors (Lipinski definition) is 4. The van der Waals surface area contributed by atoms with Gasteiger partial charge in [0.25, 0.3) is 5.89 Å². The van der Waals surface area contributed by atoms with Crippen LogP contribution in [0.15, 0.2) is 28.8 Å². The first-order valence-electron chi connectivity index (χ1n) is 7.52. The van der Waals surface area contributed by atoms with Gasteiger partial charge in [0.15, 0.2) is 5.82 Å². The monoisotopic (exact) mass is 303 g/mol. The van der Waals surface area contributed by atoms with E-state index >= 15 is 0 Å². The highest BCUT2D eigenvalue weighted by Gasteiger charge is 2.28. The standard InChI is InChI=1S/C16H18FN3O2/c1-11(21)20-10-4-2-3-5-14(20)15-18-16(22-19-15)12-6-8-13(17)9-7-12/h6-9,14H,2-5,10H2,1H3/t14-/m0/s1. The Hall–Kier alpha value is -2.24. The van der Waals surface area contributed by atoms with E-state index in [9.17, 15) is 9.18 Å². The predicted molar refractivity (Wildman–Crippen MR) is 78.3 cm³/mol. The molecule has 0 saturated carbocycles. The molecule has 22 heavy (non-hydrogen) atoms. The van der Waals surface area contributed by atoms with Crippen molar-refractivity contribution < 1.29 is 13.7 Å². The summed E-state index contributed by atoms with van der Waals surface area (Å²) in [5, 5.41) is 4.04. The van der Waals surface area contributed by atoms with E-state index in [0.717, 1.165) is 32.2 Å². The van der Waals surface area contributed by atoms with Crippen LogP contribution in [-0.2, 0) is 4.79 Å². The van der Waals surface area contributed by atoms with Gasteiger partial charge < -0.3 is 9.42 Å². The largest absolute Gasteiger partial charge is 0.334 e. The molecule has 0 radical (unpaired) electrons. The lowest BCUT2D eigenvalue weighted by atomic mass is 10.1. The van der Waals surface area contributed by atoms with Gasteiger partial charge in [-0.1, -0.05) is 18.0 Å². The van der Waals surface area contributed by atoms with E-state index in [1.807, 2.05) is 4.90 Å². The molecule has 0 N–H and O–H groups in total. The Kier molecular flexibility index (Phi) is 4.18. The summed E-state index contributed by atoms with van der Waals surface area (Å²) in [6.07, 6.45) is 3.97. The molecule has 1 atom stereocenters. The second-order valence-corrected chi connectivity index (χ2v) is 5.54. The average molecular weight is 303 g/mol. The predicted octanol–water partition coefficient (Wildman–Crippen LogP) is 3.34. The zero-order valence-corrected chi connectivity index (χ0v) is 12.5. The first-order valence-corrected chi connectivity index (χ1v) is 7.52. The maximum absolute atomic E-state index is 13.0. The van der Waals surface area contributed by atoms with Gasteiger partial charge in [0.05, 0.1) is 6.04 Å². The van der Waals surface area contributed by atoms with Crippen LogP contribution < -0.4 is 0 Å². The van der Waals surface area contributed by atoms with Crippen molar-refractivity contribution in [2.45, 2.75) is 38.6 Å². The molecule has 1 saturated heterocycles. The maximum Gasteiger partial charge on any atom is 0.258 e. The van der Waals surface area contributed by atoms with Crippen LogP contribution in [0.2, 0.25) is 0 Å². The van der Waals surface area contributed by atoms with Gasteiger partial charge in [0.1, 0.15) is 5.82 Å². The Bertz CT molecular complexity index is 654. The molecule has 0 spiro atoms. The molecule has 116 valence electrons. The van der Waals surface area contributed by atoms with Crippen molar-refractivity contribution in [1.29, 1.82) is 0 Å². The van der Waals surface area contributed by atoms with Gasteiger partial charge in [-0.25, -0.2) is 4.39 Å². The number of carbonyl (C=O) groups excluding carboxylic acids is 1. The van der Waals surface area contributed by atoms with Gasteiger partial charge in [-0.15, -0.1) is 0 Å². The molecule has 1 aromatic heterocycles. The summed E-state index contributed by atoms with van der Waals surface area (Å²) in [5.41, 5.74) is 0.670. The molecule has 0 unspecified atom stereocenters. The van der Waals surface area contributed by atoms with Crippen LogP contribution in [0.1, 0.15) is 44.5 Å². The van der Waals surface area contributed by atoms with Crippen molar-refractivity contribution in [3.8, 4) is 11.5 Å². The zero-order chi connectivity index (χ0) is 15.5. The van der Waals surface area contributed by atoms with Crippen molar-refractivity contribution in [2.24, 2.45) is 0 Å². The van der Waals surface area contributed by atoms with E-state index in [1.54, 1.807) is 19.1 Å². The molecule has 1 fully saturated rings. The molecular weight excluding hydrogens is 285 g/mol. The number of hydrogen-bond donors (Lipinski definition) is 0. The normalized spacial score (nSPS) is 19.0.